The predicted molar refractivity (Wildman–Crippen MR) is 112 cm³/mol. The molecule has 2 aromatic carbocycles. The molecular weight excluding hydrogens is 350 g/mol. The van der Waals surface area contributed by atoms with Crippen molar-refractivity contribution in [1.82, 2.24) is 4.90 Å². The molecule has 0 radical (unpaired) electrons. The lowest BCUT2D eigenvalue weighted by atomic mass is 10.0. The van der Waals surface area contributed by atoms with Crippen LogP contribution in [0.1, 0.15) is 40.3 Å². The van der Waals surface area contributed by atoms with Gasteiger partial charge in [-0.05, 0) is 60.1 Å². The van der Waals surface area contributed by atoms with E-state index in [2.05, 4.69) is 59.0 Å². The third-order valence-corrected chi connectivity index (χ3v) is 5.58. The van der Waals surface area contributed by atoms with Crippen LogP contribution in [0.25, 0.3) is 6.08 Å². The number of fused-ring (bicyclic) bond motifs is 1. The Morgan fingerprint density at radius 2 is 2.07 bits per heavy atom. The summed E-state index contributed by atoms with van der Waals surface area (Å²) in [5.41, 5.74) is 6.37. The Bertz CT molecular complexity index is 843. The van der Waals surface area contributed by atoms with Crippen LogP contribution in [0.5, 0.6) is 0 Å². The largest absolute Gasteiger partial charge is 0.466 e. The van der Waals surface area contributed by atoms with Crippen molar-refractivity contribution in [3.63, 3.8) is 0 Å². The van der Waals surface area contributed by atoms with Gasteiger partial charge in [-0.1, -0.05) is 42.5 Å². The first-order chi connectivity index (χ1) is 13.6. The van der Waals surface area contributed by atoms with Crippen LogP contribution in [0.2, 0.25) is 0 Å². The van der Waals surface area contributed by atoms with Gasteiger partial charge >= 0.3 is 5.97 Å². The van der Waals surface area contributed by atoms with E-state index >= 15 is 0 Å². The van der Waals surface area contributed by atoms with Crippen molar-refractivity contribution >= 4 is 12.0 Å². The van der Waals surface area contributed by atoms with Gasteiger partial charge in [0.25, 0.3) is 0 Å². The summed E-state index contributed by atoms with van der Waals surface area (Å²) in [7, 11) is 1.38. The van der Waals surface area contributed by atoms with Gasteiger partial charge in [0.15, 0.2) is 0 Å². The molecule has 0 heterocycles. The summed E-state index contributed by atoms with van der Waals surface area (Å²) in [6.07, 6.45) is 6.31. The van der Waals surface area contributed by atoms with E-state index in [1.54, 1.807) is 6.08 Å². The van der Waals surface area contributed by atoms with Gasteiger partial charge in [-0.15, -0.1) is 0 Å². The highest BCUT2D eigenvalue weighted by Gasteiger charge is 2.27. The highest BCUT2D eigenvalue weighted by Crippen LogP contribution is 2.36. The molecule has 3 rings (SSSR count). The molecule has 1 unspecified atom stereocenters. The number of hydrogen-bond donors (Lipinski definition) is 1. The van der Waals surface area contributed by atoms with Gasteiger partial charge in [-0.2, -0.15) is 0 Å². The molecule has 0 saturated carbocycles. The number of aryl methyl sites for hydroxylation is 2. The lowest BCUT2D eigenvalue weighted by Gasteiger charge is -2.29. The molecule has 1 aliphatic rings. The number of rotatable bonds is 8. The van der Waals surface area contributed by atoms with Crippen molar-refractivity contribution in [2.75, 3.05) is 26.8 Å². The first-order valence-corrected chi connectivity index (χ1v) is 9.90. The van der Waals surface area contributed by atoms with Crippen LogP contribution in [0.3, 0.4) is 0 Å². The smallest absolute Gasteiger partial charge is 0.330 e. The minimum absolute atomic E-state index is 0.166. The minimum atomic E-state index is -0.344. The first kappa shape index (κ1) is 20.3. The van der Waals surface area contributed by atoms with Crippen molar-refractivity contribution < 1.29 is 14.6 Å². The highest BCUT2D eigenvalue weighted by atomic mass is 16.5. The molecule has 1 N–H and O–H groups in total. The molecule has 4 heteroatoms. The quantitative estimate of drug-likeness (QED) is 0.561. The van der Waals surface area contributed by atoms with Gasteiger partial charge in [0.05, 0.1) is 13.7 Å². The van der Waals surface area contributed by atoms with Gasteiger partial charge in [-0.3, -0.25) is 4.90 Å². The van der Waals surface area contributed by atoms with E-state index in [4.69, 9.17) is 0 Å². The standard InChI is InChI=1S/C24H29NO3/c1-18-5-3-4-6-20(18)13-14-25(15-16-26)23-11-9-21-17-19(7-10-22(21)23)8-12-24(27)28-2/h3-8,10,12,17,23,26H,9,11,13-16H2,1-2H3/b12-8+. The maximum absolute atomic E-state index is 11.3. The van der Waals surface area contributed by atoms with Crippen LogP contribution in [-0.4, -0.2) is 42.8 Å². The molecule has 4 nitrogen and oxygen atoms in total. The molecule has 0 saturated heterocycles. The minimum Gasteiger partial charge on any atom is -0.466 e. The van der Waals surface area contributed by atoms with Crippen molar-refractivity contribution in [2.45, 2.75) is 32.2 Å². The number of esters is 1. The average molecular weight is 380 g/mol. The zero-order valence-electron chi connectivity index (χ0n) is 16.7. The third-order valence-electron chi connectivity index (χ3n) is 5.58. The third kappa shape index (κ3) is 4.89. The lowest BCUT2D eigenvalue weighted by Crippen LogP contribution is -2.32. The number of aliphatic hydroxyl groups excluding tert-OH is 1. The molecule has 0 fully saturated rings. The lowest BCUT2D eigenvalue weighted by molar-refractivity contribution is -0.134. The molecule has 28 heavy (non-hydrogen) atoms. The summed E-state index contributed by atoms with van der Waals surface area (Å²) in [6, 6.07) is 15.2. The second kappa shape index (κ2) is 9.67. The maximum atomic E-state index is 11.3. The van der Waals surface area contributed by atoms with Crippen LogP contribution < -0.4 is 0 Å². The molecule has 0 bridgehead atoms. The summed E-state index contributed by atoms with van der Waals surface area (Å²) in [6.45, 7) is 3.93. The molecular formula is C24H29NO3. The zero-order chi connectivity index (χ0) is 19.9. The molecule has 2 aromatic rings. The number of aliphatic hydroxyl groups is 1. The molecule has 1 aliphatic carbocycles. The number of benzene rings is 2. The Balaban J connectivity index is 1.73. The van der Waals surface area contributed by atoms with Crippen LogP contribution in [0, 0.1) is 6.92 Å². The predicted octanol–water partition coefficient (Wildman–Crippen LogP) is 3.71. The zero-order valence-corrected chi connectivity index (χ0v) is 16.7. The van der Waals surface area contributed by atoms with E-state index in [1.165, 1.54) is 35.4 Å². The van der Waals surface area contributed by atoms with Crippen molar-refractivity contribution in [3.8, 4) is 0 Å². The Morgan fingerprint density at radius 3 is 2.82 bits per heavy atom. The van der Waals surface area contributed by atoms with Gasteiger partial charge in [0.2, 0.25) is 0 Å². The van der Waals surface area contributed by atoms with Gasteiger partial charge in [0, 0.05) is 25.2 Å². The van der Waals surface area contributed by atoms with E-state index in [0.717, 1.165) is 31.4 Å². The Kier molecular flexibility index (Phi) is 7.01. The molecule has 0 aliphatic heterocycles. The van der Waals surface area contributed by atoms with E-state index in [9.17, 15) is 9.90 Å². The second-order valence-corrected chi connectivity index (χ2v) is 7.31. The summed E-state index contributed by atoms with van der Waals surface area (Å²) < 4.78 is 4.66. The Labute approximate surface area is 167 Å². The number of ether oxygens (including phenoxy) is 1. The number of nitrogens with zero attached hydrogens (tertiary/aromatic N) is 1. The van der Waals surface area contributed by atoms with Crippen molar-refractivity contribution in [2.24, 2.45) is 0 Å². The van der Waals surface area contributed by atoms with Gasteiger partial charge < -0.3 is 9.84 Å². The van der Waals surface area contributed by atoms with E-state index < -0.39 is 0 Å². The first-order valence-electron chi connectivity index (χ1n) is 9.90. The maximum Gasteiger partial charge on any atom is 0.330 e. The van der Waals surface area contributed by atoms with Gasteiger partial charge in [-0.25, -0.2) is 4.79 Å². The molecule has 0 amide bonds. The molecule has 0 aromatic heterocycles. The monoisotopic (exact) mass is 379 g/mol. The molecule has 148 valence electrons. The fourth-order valence-electron chi connectivity index (χ4n) is 4.04. The number of methoxy groups -OCH3 is 1. The normalized spacial score (nSPS) is 15.9. The van der Waals surface area contributed by atoms with Crippen molar-refractivity contribution in [1.29, 1.82) is 0 Å². The van der Waals surface area contributed by atoms with Crippen LogP contribution in [0.4, 0.5) is 0 Å². The van der Waals surface area contributed by atoms with E-state index in [-0.39, 0.29) is 12.6 Å². The second-order valence-electron chi connectivity index (χ2n) is 7.31. The fourth-order valence-corrected chi connectivity index (χ4v) is 4.04. The Hall–Kier alpha value is -2.43. The topological polar surface area (TPSA) is 49.8 Å². The van der Waals surface area contributed by atoms with Crippen LogP contribution in [0.15, 0.2) is 48.5 Å². The molecule has 0 spiro atoms. The number of carbonyl (C=O) groups excluding carboxylic acids is 1. The van der Waals surface area contributed by atoms with Crippen molar-refractivity contribution in [3.05, 3.63) is 76.4 Å². The summed E-state index contributed by atoms with van der Waals surface area (Å²) >= 11 is 0. The van der Waals surface area contributed by atoms with Crippen LogP contribution >= 0.6 is 0 Å². The highest BCUT2D eigenvalue weighted by molar-refractivity contribution is 5.86. The summed E-state index contributed by atoms with van der Waals surface area (Å²) in [4.78, 5) is 13.7. The fraction of sp³-hybridized carbons (Fsp3) is 0.375. The summed E-state index contributed by atoms with van der Waals surface area (Å²) in [5, 5.41) is 9.59. The average Bonchev–Trinajstić information content (AvgIpc) is 3.13. The Morgan fingerprint density at radius 1 is 1.25 bits per heavy atom. The van der Waals surface area contributed by atoms with Gasteiger partial charge in [0.1, 0.15) is 0 Å². The van der Waals surface area contributed by atoms with E-state index in [0.29, 0.717) is 12.6 Å². The molecule has 1 atom stereocenters. The number of carbonyl (C=O) groups is 1. The summed E-state index contributed by atoms with van der Waals surface area (Å²) in [5.74, 6) is -0.344. The number of hydrogen-bond acceptors (Lipinski definition) is 4. The SMILES string of the molecule is COC(=O)/C=C/c1ccc2c(c1)CCC2N(CCO)CCc1ccccc1C. The van der Waals surface area contributed by atoms with Crippen LogP contribution in [-0.2, 0) is 22.4 Å². The van der Waals surface area contributed by atoms with E-state index in [1.807, 2.05) is 0 Å².